The van der Waals surface area contributed by atoms with Crippen LogP contribution in [0.1, 0.15) is 44.5 Å². The van der Waals surface area contributed by atoms with Crippen LogP contribution in [0.4, 0.5) is 34.1 Å². The van der Waals surface area contributed by atoms with Gasteiger partial charge in [-0.1, -0.05) is 461 Å². The maximum atomic E-state index is 6.50. The van der Waals surface area contributed by atoms with Crippen LogP contribution in [0.15, 0.2) is 555 Å². The van der Waals surface area contributed by atoms with Gasteiger partial charge in [-0.15, -0.1) is 0 Å². The lowest BCUT2D eigenvalue weighted by atomic mass is 9.67. The number of benzene rings is 22. The summed E-state index contributed by atoms with van der Waals surface area (Å²) in [5.41, 5.74) is 42.5. The average Bonchev–Trinajstić information content (AvgIpc) is 1.53. The zero-order valence-electron chi connectivity index (χ0n) is 75.7. The highest BCUT2D eigenvalue weighted by atomic mass is 16.3. The highest BCUT2D eigenvalue weighted by molar-refractivity contribution is 6.10. The summed E-state index contributed by atoms with van der Waals surface area (Å²) in [4.78, 5) is 4.93. The molecule has 0 atom stereocenters. The molecule has 0 aliphatic heterocycles. The van der Waals surface area contributed by atoms with Crippen molar-refractivity contribution in [2.75, 3.05) is 9.80 Å². The highest BCUT2D eigenvalue weighted by Crippen LogP contribution is 2.62. The van der Waals surface area contributed by atoms with Crippen molar-refractivity contribution in [3.63, 3.8) is 0 Å². The van der Waals surface area contributed by atoms with Gasteiger partial charge in [0.25, 0.3) is 0 Å². The van der Waals surface area contributed by atoms with Gasteiger partial charge in [0.05, 0.1) is 33.6 Å². The normalized spacial score (nSPS) is 12.5. The molecule has 0 bridgehead atoms. The summed E-state index contributed by atoms with van der Waals surface area (Å²) < 4.78 is 13.0. The van der Waals surface area contributed by atoms with Crippen molar-refractivity contribution in [1.29, 1.82) is 0 Å². The molecule has 0 unspecified atom stereocenters. The van der Waals surface area contributed by atoms with E-state index in [2.05, 4.69) is 532 Å². The third kappa shape index (κ3) is 14.0. The van der Waals surface area contributed by atoms with E-state index in [4.69, 9.17) is 8.83 Å². The van der Waals surface area contributed by atoms with Gasteiger partial charge >= 0.3 is 0 Å². The standard InChI is InChI=1S/2C67H45NO/c1-4-20-46(21-5-1)47-38-40-48(41-39-47)49-22-18-27-53(44-49)68(62-35-15-11-28-54(62)50-42-43-57-56-30-13-17-37-64(56)69-65(57)45-50)63-36-16-12-29-55(63)58-32-19-34-61-66(58)59-31-10-14-33-60(59)67(61,51-23-6-2-7-24-51)52-25-8-3-9-26-52;1-4-19-46(20-5-1)47-35-37-48(38-36-47)49-39-42-53(43-40-49)68(62-32-15-11-25-54(62)50-41-44-57-56-27-13-17-34-64(56)69-65(57)45-50)63-33-16-12-26-55(63)58-29-18-31-61-66(58)59-28-10-14-30-60(59)67(61,51-21-6-2-7-22-51)52-23-8-3-9-24-52/h2*1-45H. The fourth-order valence-electron chi connectivity index (χ4n) is 22.3. The first-order valence-electron chi connectivity index (χ1n) is 47.5. The van der Waals surface area contributed by atoms with E-state index in [9.17, 15) is 0 Å². The second-order valence-electron chi connectivity index (χ2n) is 35.9. The minimum atomic E-state index is -0.522. The Balaban J connectivity index is 0.000000146. The number of nitrogens with zero attached hydrogens (tertiary/aromatic N) is 2. The second-order valence-corrected chi connectivity index (χ2v) is 35.9. The van der Waals surface area contributed by atoms with Gasteiger partial charge in [0, 0.05) is 55.2 Å². The third-order valence-corrected chi connectivity index (χ3v) is 28.4. The van der Waals surface area contributed by atoms with Gasteiger partial charge in [0.2, 0.25) is 0 Å². The molecule has 0 radical (unpaired) electrons. The summed E-state index contributed by atoms with van der Waals surface area (Å²) in [5, 5.41) is 4.47. The highest BCUT2D eigenvalue weighted by Gasteiger charge is 2.49. The number of anilines is 6. The first-order chi connectivity index (χ1) is 68.5. The summed E-state index contributed by atoms with van der Waals surface area (Å²) in [6.45, 7) is 0. The van der Waals surface area contributed by atoms with Crippen molar-refractivity contribution in [2.24, 2.45) is 0 Å². The molecule has 0 saturated carbocycles. The predicted octanol–water partition coefficient (Wildman–Crippen LogP) is 36.2. The Kier molecular flexibility index (Phi) is 20.7. The fraction of sp³-hybridized carbons (Fsp3) is 0.0149. The largest absolute Gasteiger partial charge is 0.456 e. The molecule has 0 spiro atoms. The Morgan fingerprint density at radius 2 is 0.406 bits per heavy atom. The number of fused-ring (bicyclic) bond motifs is 12. The monoisotopic (exact) mass is 1760 g/mol. The molecule has 0 amide bonds. The lowest BCUT2D eigenvalue weighted by molar-refractivity contribution is 0.668. The van der Waals surface area contributed by atoms with Gasteiger partial charge in [0.1, 0.15) is 22.3 Å². The molecular weight excluding hydrogens is 1670 g/mol. The van der Waals surface area contributed by atoms with E-state index in [1.165, 1.54) is 106 Å². The lowest BCUT2D eigenvalue weighted by Gasteiger charge is -2.34. The minimum absolute atomic E-state index is 0.518. The van der Waals surface area contributed by atoms with Crippen LogP contribution in [-0.4, -0.2) is 0 Å². The summed E-state index contributed by atoms with van der Waals surface area (Å²) in [7, 11) is 0. The molecule has 4 nitrogen and oxygen atoms in total. The number of rotatable bonds is 18. The number of hydrogen-bond acceptors (Lipinski definition) is 4. The van der Waals surface area contributed by atoms with Gasteiger partial charge in [-0.25, -0.2) is 0 Å². The molecule has 0 fully saturated rings. The van der Waals surface area contributed by atoms with Crippen molar-refractivity contribution >= 4 is 78.0 Å². The zero-order chi connectivity index (χ0) is 91.5. The van der Waals surface area contributed by atoms with Gasteiger partial charge < -0.3 is 18.6 Å². The molecule has 2 heterocycles. The molecule has 26 rings (SSSR count). The first kappa shape index (κ1) is 82.0. The van der Waals surface area contributed by atoms with E-state index in [1.807, 2.05) is 24.3 Å². The number of hydrogen-bond donors (Lipinski definition) is 0. The van der Waals surface area contributed by atoms with Gasteiger partial charge in [-0.2, -0.15) is 0 Å². The summed E-state index contributed by atoms with van der Waals surface area (Å²) in [5.74, 6) is 0. The topological polar surface area (TPSA) is 32.8 Å². The van der Waals surface area contributed by atoms with Gasteiger partial charge in [-0.3, -0.25) is 0 Å². The van der Waals surface area contributed by atoms with Crippen LogP contribution in [0.5, 0.6) is 0 Å². The van der Waals surface area contributed by atoms with E-state index >= 15 is 0 Å². The second kappa shape index (κ2) is 34.9. The molecule has 648 valence electrons. The van der Waals surface area contributed by atoms with Crippen LogP contribution < -0.4 is 9.80 Å². The Morgan fingerprint density at radius 1 is 0.145 bits per heavy atom. The molecule has 2 aromatic heterocycles. The molecule has 138 heavy (non-hydrogen) atoms. The van der Waals surface area contributed by atoms with Crippen LogP contribution in [0.3, 0.4) is 0 Å². The maximum absolute atomic E-state index is 6.50. The van der Waals surface area contributed by atoms with Crippen molar-refractivity contribution in [3.8, 4) is 111 Å². The number of para-hydroxylation sites is 6. The zero-order valence-corrected chi connectivity index (χ0v) is 75.7. The Morgan fingerprint density at radius 3 is 0.804 bits per heavy atom. The van der Waals surface area contributed by atoms with Gasteiger partial charge in [0.15, 0.2) is 0 Å². The van der Waals surface area contributed by atoms with Crippen molar-refractivity contribution in [2.45, 2.75) is 10.8 Å². The SMILES string of the molecule is c1ccc(-c2ccc(-c3ccc(N(c4ccccc4-c4ccc5c(c4)oc4ccccc45)c4ccccc4-c4cccc5c4-c4ccccc4C5(c4ccccc4)c4ccccc4)cc3)cc2)cc1.c1ccc(-c2ccc(-c3cccc(N(c4ccccc4-c4ccc5c(c4)oc4ccccc45)c4ccccc4-c4cccc5c4-c4ccccc4C5(c4ccccc4)c4ccccc4)c3)cc2)cc1. The molecule has 2 aliphatic rings. The predicted molar refractivity (Wildman–Crippen MR) is 575 cm³/mol. The van der Waals surface area contributed by atoms with Crippen molar-refractivity contribution in [3.05, 3.63) is 590 Å². The van der Waals surface area contributed by atoms with E-state index in [0.29, 0.717) is 0 Å². The van der Waals surface area contributed by atoms with Gasteiger partial charge in [-0.05, 0) is 218 Å². The summed E-state index contributed by atoms with van der Waals surface area (Å²) in [6.07, 6.45) is 0. The van der Waals surface area contributed by atoms with Crippen LogP contribution in [0.25, 0.3) is 155 Å². The maximum Gasteiger partial charge on any atom is 0.136 e. The van der Waals surface area contributed by atoms with Crippen LogP contribution >= 0.6 is 0 Å². The molecule has 2 aliphatic carbocycles. The Bertz CT molecular complexity index is 8590. The Labute approximate surface area is 803 Å². The Hall–Kier alpha value is -18.0. The molecule has 24 aromatic rings. The lowest BCUT2D eigenvalue weighted by Crippen LogP contribution is -2.28. The van der Waals surface area contributed by atoms with Crippen molar-refractivity contribution in [1.82, 2.24) is 0 Å². The van der Waals surface area contributed by atoms with E-state index < -0.39 is 10.8 Å². The molecule has 0 saturated heterocycles. The van der Waals surface area contributed by atoms with Crippen LogP contribution in [-0.2, 0) is 10.8 Å². The molecule has 0 N–H and O–H groups in total. The fourth-order valence-corrected chi connectivity index (χ4v) is 22.3. The van der Waals surface area contributed by atoms with E-state index in [1.54, 1.807) is 0 Å². The average molecular weight is 1760 g/mol. The van der Waals surface area contributed by atoms with E-state index in [0.717, 1.165) is 128 Å². The molecule has 22 aromatic carbocycles. The smallest absolute Gasteiger partial charge is 0.136 e. The first-order valence-corrected chi connectivity index (χ1v) is 47.5. The summed E-state index contributed by atoms with van der Waals surface area (Å²) in [6, 6.07) is 199. The van der Waals surface area contributed by atoms with Crippen molar-refractivity contribution < 1.29 is 8.83 Å². The van der Waals surface area contributed by atoms with Crippen LogP contribution in [0.2, 0.25) is 0 Å². The van der Waals surface area contributed by atoms with Crippen LogP contribution in [0, 0.1) is 0 Å². The van der Waals surface area contributed by atoms with E-state index in [-0.39, 0.29) is 0 Å². The quantitative estimate of drug-likeness (QED) is 0.0857. The molecule has 4 heteroatoms. The summed E-state index contributed by atoms with van der Waals surface area (Å²) >= 11 is 0. The minimum Gasteiger partial charge on any atom is -0.456 e. The third-order valence-electron chi connectivity index (χ3n) is 28.4. The molecular formula is C134H90N2O2. The number of furan rings is 2.